The van der Waals surface area contributed by atoms with Crippen molar-refractivity contribution in [2.45, 2.75) is 6.18 Å². The number of aryl methyl sites for hydroxylation is 1. The number of pyridine rings is 2. The number of aromatic nitrogens is 5. The van der Waals surface area contributed by atoms with Gasteiger partial charge in [-0.3, -0.25) is 4.68 Å². The number of nitrogens with zero attached hydrogens (tertiary/aromatic N) is 9. The highest BCUT2D eigenvalue weighted by Gasteiger charge is 2.38. The number of alkyl halides is 3. The first-order valence-electron chi connectivity index (χ1n) is 13.3. The fourth-order valence-corrected chi connectivity index (χ4v) is 4.58. The molecular weight excluding hydrogens is 583 g/mol. The Morgan fingerprint density at radius 2 is 1.77 bits per heavy atom. The van der Waals surface area contributed by atoms with Crippen LogP contribution in [0.2, 0.25) is 0 Å². The Kier molecular flexibility index (Phi) is 9.69. The predicted octanol–water partition coefficient (Wildman–Crippen LogP) is 3.12. The van der Waals surface area contributed by atoms with Gasteiger partial charge in [0.1, 0.15) is 11.9 Å². The Labute approximate surface area is 250 Å². The maximum atomic E-state index is 12.6. The number of methoxy groups -OCH3 is 1. The van der Waals surface area contributed by atoms with E-state index in [1.165, 1.54) is 0 Å². The zero-order valence-corrected chi connectivity index (χ0v) is 24.2. The molecule has 0 aromatic carbocycles. The summed E-state index contributed by atoms with van der Waals surface area (Å²) in [4.78, 5) is 32.0. The maximum Gasteiger partial charge on any atom is 0.490 e. The summed E-state index contributed by atoms with van der Waals surface area (Å²) < 4.78 is 40.3. The van der Waals surface area contributed by atoms with Crippen molar-refractivity contribution in [3.63, 3.8) is 0 Å². The Hall–Kier alpha value is -5.17. The van der Waals surface area contributed by atoms with Crippen molar-refractivity contribution >= 4 is 23.3 Å². The molecule has 0 radical (unpaired) electrons. The summed E-state index contributed by atoms with van der Waals surface area (Å²) in [6, 6.07) is 8.34. The van der Waals surface area contributed by atoms with Crippen molar-refractivity contribution in [3.05, 3.63) is 54.7 Å². The fourth-order valence-electron chi connectivity index (χ4n) is 4.58. The van der Waals surface area contributed by atoms with Gasteiger partial charge in [0.05, 0.1) is 30.1 Å². The predicted molar refractivity (Wildman–Crippen MR) is 153 cm³/mol. The van der Waals surface area contributed by atoms with Gasteiger partial charge >= 0.3 is 18.2 Å². The molecule has 4 aromatic heterocycles. The number of aliphatic carboxylic acids is 1. The summed E-state index contributed by atoms with van der Waals surface area (Å²) >= 11 is 0. The van der Waals surface area contributed by atoms with E-state index in [4.69, 9.17) is 19.6 Å². The molecule has 232 valence electrons. The van der Waals surface area contributed by atoms with E-state index in [0.29, 0.717) is 44.9 Å². The largest absolute Gasteiger partial charge is 0.490 e. The van der Waals surface area contributed by atoms with E-state index in [0.717, 1.165) is 33.6 Å². The Balaban J connectivity index is 0.000000566. The number of anilines is 1. The first-order valence-corrected chi connectivity index (χ1v) is 13.3. The molecule has 0 bridgehead atoms. The lowest BCUT2D eigenvalue weighted by molar-refractivity contribution is -0.192. The van der Waals surface area contributed by atoms with Crippen LogP contribution in [0.1, 0.15) is 5.56 Å². The molecule has 5 rings (SSSR count). The molecule has 1 aliphatic rings. The van der Waals surface area contributed by atoms with Crippen LogP contribution in [0, 0.1) is 11.3 Å². The zero-order chi connectivity index (χ0) is 32.0. The molecule has 0 atom stereocenters. The molecule has 5 heterocycles. The molecule has 1 fully saturated rings. The van der Waals surface area contributed by atoms with E-state index in [2.05, 4.69) is 27.2 Å². The van der Waals surface area contributed by atoms with Crippen LogP contribution >= 0.6 is 0 Å². The van der Waals surface area contributed by atoms with E-state index in [1.54, 1.807) is 40.6 Å². The summed E-state index contributed by atoms with van der Waals surface area (Å²) in [6.45, 7) is 3.77. The third-order valence-electron chi connectivity index (χ3n) is 6.90. The van der Waals surface area contributed by atoms with Crippen LogP contribution in [0.3, 0.4) is 0 Å². The number of nitriles is 1. The zero-order valence-electron chi connectivity index (χ0n) is 24.2. The Morgan fingerprint density at radius 1 is 1.07 bits per heavy atom. The number of carboxylic acid groups (broad SMARTS) is 1. The summed E-state index contributed by atoms with van der Waals surface area (Å²) in [7, 11) is 5.31. The monoisotopic (exact) mass is 613 g/mol. The van der Waals surface area contributed by atoms with Crippen molar-refractivity contribution in [1.82, 2.24) is 34.2 Å². The first-order chi connectivity index (χ1) is 20.9. The number of urea groups is 1. The SMILES string of the molecule is COCCN(C)C(=O)N1CCN(c2ccc(-c3cc(-c4cnn(C)c4)cn4ncc(C#N)c34)cn2)CC1.O=C(O)C(F)(F)F. The average molecular weight is 614 g/mol. The highest BCUT2D eigenvalue weighted by Crippen LogP contribution is 2.32. The van der Waals surface area contributed by atoms with Gasteiger partial charge in [-0.15, -0.1) is 0 Å². The molecule has 0 saturated carbocycles. The number of carbonyl (C=O) groups excluding carboxylic acids is 1. The molecule has 13 nitrogen and oxygen atoms in total. The van der Waals surface area contributed by atoms with Crippen LogP contribution in [0.5, 0.6) is 0 Å². The fraction of sp³-hybridized carbons (Fsp3) is 0.357. The van der Waals surface area contributed by atoms with E-state index >= 15 is 0 Å². The number of amides is 2. The van der Waals surface area contributed by atoms with E-state index in [1.807, 2.05) is 42.7 Å². The number of carboxylic acids is 1. The number of hydrogen-bond acceptors (Lipinski definition) is 8. The van der Waals surface area contributed by atoms with Crippen molar-refractivity contribution in [2.24, 2.45) is 7.05 Å². The standard InChI is InChI=1S/C26H29N9O2.C2HF3O2/c1-31(10-11-37-3)26(36)34-8-6-33(7-9-34)24-5-4-19(14-28-24)23-12-20(22-16-29-32(2)17-22)18-35-25(23)21(13-27)15-30-35;3-2(4,5)1(6)7/h4-5,12,14-18H,6-11H2,1-3H3;(H,6,7). The van der Waals surface area contributed by atoms with Gasteiger partial charge in [0.2, 0.25) is 0 Å². The van der Waals surface area contributed by atoms with Gasteiger partial charge in [-0.05, 0) is 18.2 Å². The van der Waals surface area contributed by atoms with Crippen LogP contribution in [-0.4, -0.2) is 111 Å². The highest BCUT2D eigenvalue weighted by atomic mass is 19.4. The molecule has 16 heteroatoms. The second-order valence-electron chi connectivity index (χ2n) is 9.89. The van der Waals surface area contributed by atoms with E-state index in [9.17, 15) is 23.2 Å². The van der Waals surface area contributed by atoms with Gasteiger partial charge in [-0.2, -0.15) is 28.6 Å². The van der Waals surface area contributed by atoms with E-state index < -0.39 is 12.1 Å². The molecule has 44 heavy (non-hydrogen) atoms. The lowest BCUT2D eigenvalue weighted by atomic mass is 10.0. The Bertz CT molecular complexity index is 1650. The number of halogens is 3. The van der Waals surface area contributed by atoms with Crippen LogP contribution in [0.4, 0.5) is 23.8 Å². The quantitative estimate of drug-likeness (QED) is 0.347. The third kappa shape index (κ3) is 7.24. The molecule has 2 amide bonds. The van der Waals surface area contributed by atoms with Crippen LogP contribution < -0.4 is 4.90 Å². The molecule has 0 unspecified atom stereocenters. The molecule has 0 aliphatic carbocycles. The van der Waals surface area contributed by atoms with Gasteiger partial charge < -0.3 is 24.5 Å². The van der Waals surface area contributed by atoms with Crippen LogP contribution in [0.15, 0.2) is 49.2 Å². The summed E-state index contributed by atoms with van der Waals surface area (Å²) in [5.74, 6) is -1.90. The number of hydrogen-bond donors (Lipinski definition) is 1. The summed E-state index contributed by atoms with van der Waals surface area (Å²) in [6.07, 6.45) is 4.00. The molecule has 4 aromatic rings. The number of ether oxygens (including phenoxy) is 1. The van der Waals surface area contributed by atoms with Gasteiger partial charge in [0.25, 0.3) is 0 Å². The second-order valence-corrected chi connectivity index (χ2v) is 9.89. The van der Waals surface area contributed by atoms with Crippen molar-refractivity contribution in [1.29, 1.82) is 5.26 Å². The van der Waals surface area contributed by atoms with Gasteiger partial charge in [0, 0.05) is 94.8 Å². The van der Waals surface area contributed by atoms with Crippen molar-refractivity contribution in [3.8, 4) is 28.3 Å². The molecule has 1 N–H and O–H groups in total. The minimum absolute atomic E-state index is 0.0200. The molecule has 1 aliphatic heterocycles. The van der Waals surface area contributed by atoms with Gasteiger partial charge in [0.15, 0.2) is 0 Å². The lowest BCUT2D eigenvalue weighted by Crippen LogP contribution is -2.52. The molecule has 1 saturated heterocycles. The third-order valence-corrected chi connectivity index (χ3v) is 6.90. The Morgan fingerprint density at radius 3 is 2.32 bits per heavy atom. The van der Waals surface area contributed by atoms with Crippen LogP contribution in [-0.2, 0) is 16.6 Å². The smallest absolute Gasteiger partial charge is 0.475 e. The summed E-state index contributed by atoms with van der Waals surface area (Å²) in [5.41, 5.74) is 4.93. The number of carbonyl (C=O) groups is 2. The van der Waals surface area contributed by atoms with Crippen molar-refractivity contribution in [2.75, 3.05) is 58.4 Å². The molecular formula is C28H30F3N9O4. The highest BCUT2D eigenvalue weighted by molar-refractivity contribution is 5.87. The van der Waals surface area contributed by atoms with E-state index in [-0.39, 0.29) is 6.03 Å². The number of rotatable bonds is 6. The normalized spacial score (nSPS) is 13.3. The number of likely N-dealkylation sites (N-methyl/N-ethyl adjacent to an activating group) is 1. The topological polar surface area (TPSA) is 145 Å². The average Bonchev–Trinajstić information content (AvgIpc) is 3.65. The molecule has 0 spiro atoms. The van der Waals surface area contributed by atoms with Crippen LogP contribution in [0.25, 0.3) is 27.8 Å². The first kappa shape index (κ1) is 31.8. The van der Waals surface area contributed by atoms with Gasteiger partial charge in [-0.25, -0.2) is 19.1 Å². The van der Waals surface area contributed by atoms with Crippen molar-refractivity contribution < 1.29 is 32.6 Å². The lowest BCUT2D eigenvalue weighted by Gasteiger charge is -2.37. The number of fused-ring (bicyclic) bond motifs is 1. The van der Waals surface area contributed by atoms with Gasteiger partial charge in [-0.1, -0.05) is 0 Å². The second kappa shape index (κ2) is 13.4. The number of piperazine rings is 1. The minimum atomic E-state index is -5.08. The maximum absolute atomic E-state index is 12.6. The summed E-state index contributed by atoms with van der Waals surface area (Å²) in [5, 5.41) is 25.5. The minimum Gasteiger partial charge on any atom is -0.475 e.